The lowest BCUT2D eigenvalue weighted by atomic mass is 10.1. The maximum absolute atomic E-state index is 12.7. The molecular formula is C25H25ClN2O3S. The van der Waals surface area contributed by atoms with Crippen LogP contribution in [0.15, 0.2) is 59.6 Å². The fraction of sp³-hybridized carbons (Fsp3) is 0.280. The number of hydrogen-bond donors (Lipinski definition) is 1. The summed E-state index contributed by atoms with van der Waals surface area (Å²) in [4.78, 5) is 17.2. The van der Waals surface area contributed by atoms with Gasteiger partial charge in [0, 0.05) is 16.4 Å². The summed E-state index contributed by atoms with van der Waals surface area (Å²) in [5.41, 5.74) is 1.60. The topological polar surface area (TPSA) is 60.5 Å². The summed E-state index contributed by atoms with van der Waals surface area (Å²) in [5.74, 6) is 2.21. The van der Waals surface area contributed by atoms with Crippen molar-refractivity contribution in [2.75, 3.05) is 11.9 Å². The fourth-order valence-corrected chi connectivity index (χ4v) is 4.42. The minimum Gasteiger partial charge on any atom is -0.493 e. The van der Waals surface area contributed by atoms with Crippen LogP contribution < -0.4 is 14.8 Å². The van der Waals surface area contributed by atoms with E-state index in [0.29, 0.717) is 34.5 Å². The number of aryl methyl sites for hydroxylation is 1. The molecule has 2 heterocycles. The summed E-state index contributed by atoms with van der Waals surface area (Å²) in [7, 11) is 0. The van der Waals surface area contributed by atoms with Crippen LogP contribution in [-0.2, 0) is 6.42 Å². The van der Waals surface area contributed by atoms with Gasteiger partial charge in [-0.1, -0.05) is 38.4 Å². The molecule has 2 aromatic carbocycles. The van der Waals surface area contributed by atoms with Gasteiger partial charge in [0.15, 0.2) is 0 Å². The van der Waals surface area contributed by atoms with Crippen molar-refractivity contribution in [3.05, 3.63) is 70.7 Å². The molecule has 0 radical (unpaired) electrons. The van der Waals surface area contributed by atoms with Gasteiger partial charge in [0.25, 0.3) is 5.91 Å². The second-order valence-corrected chi connectivity index (χ2v) is 10.8. The number of nitrogens with one attached hydrogen (secondary N) is 1. The Balaban J connectivity index is 1.43. The molecule has 0 atom stereocenters. The fourth-order valence-electron chi connectivity index (χ4n) is 3.27. The minimum atomic E-state index is -0.234. The Labute approximate surface area is 197 Å². The normalized spacial score (nSPS) is 13.1. The molecule has 1 aliphatic rings. The summed E-state index contributed by atoms with van der Waals surface area (Å²) in [6, 6.07) is 16.2. The molecule has 0 bridgehead atoms. The first-order valence-corrected chi connectivity index (χ1v) is 11.7. The number of anilines is 1. The standard InChI is InChI=1S/C25H25ClN2O3S/c1-25(2,3)32-23-8-4-7-22(27-23)28-24(29)16-9-11-18(12-10-16)31-21-15-20-17(14-19(21)26)6-5-13-30-20/h4,7-12,14-15H,5-6,13H2,1-3H3,(H,27,28,29). The summed E-state index contributed by atoms with van der Waals surface area (Å²) >= 11 is 8.03. The van der Waals surface area contributed by atoms with Crippen LogP contribution in [0.25, 0.3) is 0 Å². The summed E-state index contributed by atoms with van der Waals surface area (Å²) in [6.45, 7) is 7.07. The largest absolute Gasteiger partial charge is 0.493 e. The number of nitrogens with zero attached hydrogens (tertiary/aromatic N) is 1. The minimum absolute atomic E-state index is 0.0402. The number of carbonyl (C=O) groups excluding carboxylic acids is 1. The third kappa shape index (κ3) is 5.75. The quantitative estimate of drug-likeness (QED) is 0.408. The van der Waals surface area contributed by atoms with E-state index in [1.165, 1.54) is 0 Å². The summed E-state index contributed by atoms with van der Waals surface area (Å²) < 4.78 is 11.7. The average molecular weight is 469 g/mol. The van der Waals surface area contributed by atoms with E-state index in [4.69, 9.17) is 21.1 Å². The molecule has 1 amide bonds. The van der Waals surface area contributed by atoms with Crippen LogP contribution in [-0.4, -0.2) is 22.2 Å². The van der Waals surface area contributed by atoms with E-state index in [1.54, 1.807) is 42.1 Å². The maximum Gasteiger partial charge on any atom is 0.256 e. The van der Waals surface area contributed by atoms with Crippen LogP contribution in [0.5, 0.6) is 17.2 Å². The van der Waals surface area contributed by atoms with Crippen molar-refractivity contribution in [2.45, 2.75) is 43.4 Å². The number of benzene rings is 2. The first-order chi connectivity index (χ1) is 15.3. The van der Waals surface area contributed by atoms with Crippen molar-refractivity contribution in [1.29, 1.82) is 0 Å². The van der Waals surface area contributed by atoms with Gasteiger partial charge in [0.05, 0.1) is 16.7 Å². The Hall–Kier alpha value is -2.70. The van der Waals surface area contributed by atoms with Crippen LogP contribution in [0.1, 0.15) is 43.1 Å². The molecule has 0 saturated heterocycles. The molecule has 1 aliphatic heterocycles. The number of amides is 1. The zero-order chi connectivity index (χ0) is 22.7. The number of fused-ring (bicyclic) bond motifs is 1. The number of thioether (sulfide) groups is 1. The van der Waals surface area contributed by atoms with Gasteiger partial charge in [-0.3, -0.25) is 4.79 Å². The second-order valence-electron chi connectivity index (χ2n) is 8.50. The van der Waals surface area contributed by atoms with Crippen molar-refractivity contribution < 1.29 is 14.3 Å². The van der Waals surface area contributed by atoms with Crippen LogP contribution in [0, 0.1) is 0 Å². The lowest BCUT2D eigenvalue weighted by molar-refractivity contribution is 0.102. The summed E-state index contributed by atoms with van der Waals surface area (Å²) in [5, 5.41) is 4.26. The average Bonchev–Trinajstić information content (AvgIpc) is 2.74. The predicted molar refractivity (Wildman–Crippen MR) is 130 cm³/mol. The Morgan fingerprint density at radius 2 is 1.94 bits per heavy atom. The molecule has 3 aromatic rings. The highest BCUT2D eigenvalue weighted by Gasteiger charge is 2.16. The molecule has 5 nitrogen and oxygen atoms in total. The van der Waals surface area contributed by atoms with E-state index in [0.717, 1.165) is 29.2 Å². The molecule has 166 valence electrons. The zero-order valence-corrected chi connectivity index (χ0v) is 19.8. The monoisotopic (exact) mass is 468 g/mol. The predicted octanol–water partition coefficient (Wildman–Crippen LogP) is 7.00. The highest BCUT2D eigenvalue weighted by molar-refractivity contribution is 8.00. The summed E-state index contributed by atoms with van der Waals surface area (Å²) in [6.07, 6.45) is 1.94. The van der Waals surface area contributed by atoms with E-state index < -0.39 is 0 Å². The van der Waals surface area contributed by atoms with Gasteiger partial charge >= 0.3 is 0 Å². The molecule has 0 aliphatic carbocycles. The van der Waals surface area contributed by atoms with Crippen LogP contribution in [0.4, 0.5) is 5.82 Å². The number of pyridine rings is 1. The molecule has 0 unspecified atom stereocenters. The van der Waals surface area contributed by atoms with Crippen LogP contribution in [0.3, 0.4) is 0 Å². The molecule has 0 spiro atoms. The van der Waals surface area contributed by atoms with Gasteiger partial charge in [-0.15, -0.1) is 11.8 Å². The smallest absolute Gasteiger partial charge is 0.256 e. The molecule has 32 heavy (non-hydrogen) atoms. The second kappa shape index (κ2) is 9.43. The SMILES string of the molecule is CC(C)(C)Sc1cccc(NC(=O)c2ccc(Oc3cc4c(cc3Cl)CCCO4)cc2)n1. The lowest BCUT2D eigenvalue weighted by Crippen LogP contribution is -2.13. The highest BCUT2D eigenvalue weighted by atomic mass is 35.5. The van der Waals surface area contributed by atoms with Crippen LogP contribution >= 0.6 is 23.4 Å². The first-order valence-electron chi connectivity index (χ1n) is 10.5. The lowest BCUT2D eigenvalue weighted by Gasteiger charge is -2.19. The molecule has 7 heteroatoms. The third-order valence-electron chi connectivity index (χ3n) is 4.68. The maximum atomic E-state index is 12.7. The molecule has 0 saturated carbocycles. The first kappa shape index (κ1) is 22.5. The Bertz CT molecular complexity index is 1130. The Kier molecular flexibility index (Phi) is 6.63. The molecule has 0 fully saturated rings. The van der Waals surface area contributed by atoms with E-state index in [-0.39, 0.29) is 10.7 Å². The zero-order valence-electron chi connectivity index (χ0n) is 18.3. The van der Waals surface area contributed by atoms with Crippen molar-refractivity contribution in [2.24, 2.45) is 0 Å². The number of rotatable bonds is 5. The number of carbonyl (C=O) groups is 1. The van der Waals surface area contributed by atoms with Gasteiger partial charge in [-0.05, 0) is 60.9 Å². The van der Waals surface area contributed by atoms with Crippen molar-refractivity contribution in [3.8, 4) is 17.2 Å². The number of halogens is 1. The van der Waals surface area contributed by atoms with Gasteiger partial charge < -0.3 is 14.8 Å². The van der Waals surface area contributed by atoms with Crippen molar-refractivity contribution >= 4 is 35.1 Å². The number of hydrogen-bond acceptors (Lipinski definition) is 5. The van der Waals surface area contributed by atoms with Crippen molar-refractivity contribution in [3.63, 3.8) is 0 Å². The van der Waals surface area contributed by atoms with E-state index in [9.17, 15) is 4.79 Å². The highest BCUT2D eigenvalue weighted by Crippen LogP contribution is 2.37. The number of aromatic nitrogens is 1. The number of ether oxygens (including phenoxy) is 2. The van der Waals surface area contributed by atoms with E-state index >= 15 is 0 Å². The molecule has 1 N–H and O–H groups in total. The third-order valence-corrected chi connectivity index (χ3v) is 6.03. The van der Waals surface area contributed by atoms with E-state index in [1.807, 2.05) is 24.3 Å². The van der Waals surface area contributed by atoms with Gasteiger partial charge in [0.1, 0.15) is 23.1 Å². The van der Waals surface area contributed by atoms with Crippen molar-refractivity contribution in [1.82, 2.24) is 4.98 Å². The molecule has 1 aromatic heterocycles. The molecular weight excluding hydrogens is 444 g/mol. The Morgan fingerprint density at radius 3 is 2.69 bits per heavy atom. The van der Waals surface area contributed by atoms with Crippen LogP contribution in [0.2, 0.25) is 5.02 Å². The molecule has 4 rings (SSSR count). The van der Waals surface area contributed by atoms with Gasteiger partial charge in [-0.25, -0.2) is 4.98 Å². The van der Waals surface area contributed by atoms with Gasteiger partial charge in [-0.2, -0.15) is 0 Å². The Morgan fingerprint density at radius 1 is 1.16 bits per heavy atom. The van der Waals surface area contributed by atoms with E-state index in [2.05, 4.69) is 31.1 Å². The van der Waals surface area contributed by atoms with Gasteiger partial charge in [0.2, 0.25) is 0 Å².